The maximum atomic E-state index is 12.0. The van der Waals surface area contributed by atoms with Crippen molar-refractivity contribution in [1.82, 2.24) is 15.2 Å². The first-order valence-electron chi connectivity index (χ1n) is 5.19. The number of rotatable bonds is 2. The van der Waals surface area contributed by atoms with E-state index in [4.69, 9.17) is 5.84 Å². The predicted molar refractivity (Wildman–Crippen MR) is 61.0 cm³/mol. The first-order chi connectivity index (χ1) is 8.20. The number of carbonyl (C=O) groups excluding carboxylic acids is 2. The summed E-state index contributed by atoms with van der Waals surface area (Å²) in [5.41, 5.74) is 3.36. The maximum Gasteiger partial charge on any atom is 0.272 e. The summed E-state index contributed by atoms with van der Waals surface area (Å²) in [6.07, 6.45) is 1.47. The van der Waals surface area contributed by atoms with Crippen LogP contribution in [0.1, 0.15) is 10.5 Å². The third-order valence-electron chi connectivity index (χ3n) is 2.47. The molecule has 2 rings (SSSR count). The molecule has 4 N–H and O–H groups in total. The number of carbonyl (C=O) groups is 2. The van der Waals surface area contributed by atoms with Gasteiger partial charge in [-0.15, -0.1) is 0 Å². The number of nitrogen functional groups attached to an aromatic ring is 1. The summed E-state index contributed by atoms with van der Waals surface area (Å²) in [5, 5.41) is 2.66. The molecule has 1 fully saturated rings. The molecule has 0 radical (unpaired) electrons. The molecule has 1 saturated heterocycles. The Kier molecular flexibility index (Phi) is 3.20. The minimum atomic E-state index is -0.247. The van der Waals surface area contributed by atoms with Crippen molar-refractivity contribution in [3.8, 4) is 0 Å². The zero-order valence-corrected chi connectivity index (χ0v) is 9.14. The van der Waals surface area contributed by atoms with Crippen molar-refractivity contribution >= 4 is 17.5 Å². The van der Waals surface area contributed by atoms with Gasteiger partial charge in [-0.05, 0) is 12.1 Å². The first kappa shape index (κ1) is 11.3. The minimum absolute atomic E-state index is 0.0808. The molecule has 0 saturated carbocycles. The van der Waals surface area contributed by atoms with Gasteiger partial charge >= 0.3 is 0 Å². The van der Waals surface area contributed by atoms with Crippen LogP contribution < -0.4 is 16.6 Å². The van der Waals surface area contributed by atoms with Crippen molar-refractivity contribution in [2.75, 3.05) is 25.1 Å². The van der Waals surface area contributed by atoms with Crippen LogP contribution in [0.15, 0.2) is 18.3 Å². The molecule has 1 aliphatic heterocycles. The number of nitrogens with one attached hydrogen (secondary N) is 2. The number of piperazine rings is 1. The summed E-state index contributed by atoms with van der Waals surface area (Å²) in [6, 6.07) is 3.23. The fourth-order valence-corrected chi connectivity index (χ4v) is 1.58. The number of pyridine rings is 1. The Morgan fingerprint density at radius 2 is 2.35 bits per heavy atom. The molecule has 0 aromatic carbocycles. The Morgan fingerprint density at radius 1 is 1.53 bits per heavy atom. The van der Waals surface area contributed by atoms with Gasteiger partial charge in [0.1, 0.15) is 5.69 Å². The van der Waals surface area contributed by atoms with E-state index in [-0.39, 0.29) is 18.4 Å². The molecule has 7 nitrogen and oxygen atoms in total. The largest absolute Gasteiger partial charge is 0.353 e. The Labute approximate surface area is 98.0 Å². The lowest BCUT2D eigenvalue weighted by Crippen LogP contribution is -2.50. The average Bonchev–Trinajstić information content (AvgIpc) is 2.38. The Balaban J connectivity index is 2.10. The predicted octanol–water partition coefficient (Wildman–Crippen LogP) is -1.06. The van der Waals surface area contributed by atoms with Gasteiger partial charge in [-0.3, -0.25) is 15.4 Å². The fourth-order valence-electron chi connectivity index (χ4n) is 1.58. The van der Waals surface area contributed by atoms with Gasteiger partial charge in [-0.2, -0.15) is 0 Å². The highest BCUT2D eigenvalue weighted by molar-refractivity contribution is 5.95. The lowest BCUT2D eigenvalue weighted by Gasteiger charge is -2.26. The molecule has 1 aliphatic rings. The molecule has 90 valence electrons. The molecule has 2 amide bonds. The number of amides is 2. The van der Waals surface area contributed by atoms with E-state index in [1.54, 1.807) is 12.1 Å². The van der Waals surface area contributed by atoms with E-state index in [0.717, 1.165) is 0 Å². The molecule has 7 heteroatoms. The van der Waals surface area contributed by atoms with Crippen LogP contribution in [0.4, 0.5) is 5.69 Å². The summed E-state index contributed by atoms with van der Waals surface area (Å²) < 4.78 is 0. The van der Waals surface area contributed by atoms with Crippen LogP contribution in [-0.2, 0) is 4.79 Å². The number of nitrogens with zero attached hydrogens (tertiary/aromatic N) is 2. The Morgan fingerprint density at radius 3 is 2.94 bits per heavy atom. The van der Waals surface area contributed by atoms with Crippen molar-refractivity contribution in [3.63, 3.8) is 0 Å². The summed E-state index contributed by atoms with van der Waals surface area (Å²) in [4.78, 5) is 28.6. The molecule has 0 unspecified atom stereocenters. The maximum absolute atomic E-state index is 12.0. The summed E-state index contributed by atoms with van der Waals surface area (Å²) in [6.45, 7) is 1.06. The molecular weight excluding hydrogens is 222 g/mol. The van der Waals surface area contributed by atoms with Crippen LogP contribution in [0.25, 0.3) is 0 Å². The van der Waals surface area contributed by atoms with Crippen LogP contribution in [0.3, 0.4) is 0 Å². The smallest absolute Gasteiger partial charge is 0.272 e. The first-order valence-corrected chi connectivity index (χ1v) is 5.19. The van der Waals surface area contributed by atoms with E-state index >= 15 is 0 Å². The summed E-state index contributed by atoms with van der Waals surface area (Å²) in [5.74, 6) is 4.80. The monoisotopic (exact) mass is 235 g/mol. The molecular formula is C10H13N5O2. The third-order valence-corrected chi connectivity index (χ3v) is 2.47. The molecule has 0 atom stereocenters. The normalized spacial score (nSPS) is 15.4. The van der Waals surface area contributed by atoms with E-state index in [9.17, 15) is 9.59 Å². The Bertz CT molecular complexity index is 431. The van der Waals surface area contributed by atoms with Gasteiger partial charge in [-0.25, -0.2) is 4.98 Å². The minimum Gasteiger partial charge on any atom is -0.353 e. The van der Waals surface area contributed by atoms with Gasteiger partial charge < -0.3 is 15.6 Å². The van der Waals surface area contributed by atoms with Crippen molar-refractivity contribution in [3.05, 3.63) is 24.0 Å². The molecule has 1 aromatic heterocycles. The zero-order valence-electron chi connectivity index (χ0n) is 9.14. The van der Waals surface area contributed by atoms with E-state index < -0.39 is 0 Å². The number of hydrogen-bond acceptors (Lipinski definition) is 5. The number of hydrogen-bond donors (Lipinski definition) is 3. The van der Waals surface area contributed by atoms with Crippen LogP contribution in [0.5, 0.6) is 0 Å². The van der Waals surface area contributed by atoms with E-state index in [1.165, 1.54) is 11.1 Å². The SMILES string of the molecule is NNc1ccc(C(=O)N2CCNC(=O)C2)nc1. The van der Waals surface area contributed by atoms with Crippen molar-refractivity contribution < 1.29 is 9.59 Å². The lowest BCUT2D eigenvalue weighted by atomic mass is 10.2. The lowest BCUT2D eigenvalue weighted by molar-refractivity contribution is -0.123. The van der Waals surface area contributed by atoms with Gasteiger partial charge in [0.15, 0.2) is 0 Å². The van der Waals surface area contributed by atoms with Crippen LogP contribution in [-0.4, -0.2) is 41.3 Å². The van der Waals surface area contributed by atoms with Crippen LogP contribution >= 0.6 is 0 Å². The van der Waals surface area contributed by atoms with Gasteiger partial charge in [-0.1, -0.05) is 0 Å². The number of hydrazine groups is 1. The Hall–Kier alpha value is -2.15. The third kappa shape index (κ3) is 2.51. The standard InChI is InChI=1S/C10H13N5O2/c11-14-7-1-2-8(13-5-7)10(17)15-4-3-12-9(16)6-15/h1-2,5,14H,3-4,6,11H2,(H,12,16). The van der Waals surface area contributed by atoms with E-state index in [2.05, 4.69) is 15.7 Å². The van der Waals surface area contributed by atoms with Crippen LogP contribution in [0, 0.1) is 0 Å². The fraction of sp³-hybridized carbons (Fsp3) is 0.300. The van der Waals surface area contributed by atoms with Crippen molar-refractivity contribution in [1.29, 1.82) is 0 Å². The summed E-state index contributed by atoms with van der Waals surface area (Å²) in [7, 11) is 0. The van der Waals surface area contributed by atoms with Gasteiger partial charge in [0.2, 0.25) is 5.91 Å². The highest BCUT2D eigenvalue weighted by Gasteiger charge is 2.22. The number of nitrogens with two attached hydrogens (primary N) is 1. The van der Waals surface area contributed by atoms with Crippen LogP contribution in [0.2, 0.25) is 0 Å². The second kappa shape index (κ2) is 4.79. The number of aromatic nitrogens is 1. The van der Waals surface area contributed by atoms with Gasteiger partial charge in [0.05, 0.1) is 18.4 Å². The highest BCUT2D eigenvalue weighted by Crippen LogP contribution is 2.07. The second-order valence-corrected chi connectivity index (χ2v) is 3.65. The molecule has 0 aliphatic carbocycles. The topological polar surface area (TPSA) is 100 Å². The summed E-state index contributed by atoms with van der Waals surface area (Å²) >= 11 is 0. The quantitative estimate of drug-likeness (QED) is 0.448. The molecule has 2 heterocycles. The highest BCUT2D eigenvalue weighted by atomic mass is 16.2. The van der Waals surface area contributed by atoms with E-state index in [1.807, 2.05) is 0 Å². The average molecular weight is 235 g/mol. The van der Waals surface area contributed by atoms with Gasteiger partial charge in [0.25, 0.3) is 5.91 Å². The number of anilines is 1. The molecule has 17 heavy (non-hydrogen) atoms. The van der Waals surface area contributed by atoms with E-state index in [0.29, 0.717) is 24.5 Å². The zero-order chi connectivity index (χ0) is 12.3. The molecule has 0 bridgehead atoms. The van der Waals surface area contributed by atoms with Crippen molar-refractivity contribution in [2.24, 2.45) is 5.84 Å². The molecule has 0 spiro atoms. The van der Waals surface area contributed by atoms with Crippen molar-refractivity contribution in [2.45, 2.75) is 0 Å². The molecule has 1 aromatic rings. The van der Waals surface area contributed by atoms with Gasteiger partial charge in [0, 0.05) is 13.1 Å². The second-order valence-electron chi connectivity index (χ2n) is 3.65.